The minimum Gasteiger partial charge on any atom is -0.495 e. The van der Waals surface area contributed by atoms with Gasteiger partial charge in [0.05, 0.1) is 18.4 Å². The van der Waals surface area contributed by atoms with Crippen molar-refractivity contribution < 1.29 is 13.9 Å². The molecular formula is C20H18FN5O2. The molecule has 0 spiro atoms. The van der Waals surface area contributed by atoms with E-state index in [-0.39, 0.29) is 11.7 Å². The lowest BCUT2D eigenvalue weighted by Crippen LogP contribution is -2.31. The fourth-order valence-electron chi connectivity index (χ4n) is 3.28. The number of carbonyl (C=O) groups is 1. The summed E-state index contributed by atoms with van der Waals surface area (Å²) in [4.78, 5) is 17.4. The first kappa shape index (κ1) is 17.7. The van der Waals surface area contributed by atoms with E-state index >= 15 is 0 Å². The average molecular weight is 379 g/mol. The fourth-order valence-corrected chi connectivity index (χ4v) is 3.28. The van der Waals surface area contributed by atoms with Gasteiger partial charge in [-0.15, -0.1) is 0 Å². The molecule has 1 aliphatic heterocycles. The Balaban J connectivity index is 1.76. The van der Waals surface area contributed by atoms with E-state index in [1.807, 2.05) is 12.1 Å². The number of allylic oxidation sites excluding steroid dienone is 1. The first-order chi connectivity index (χ1) is 13.6. The van der Waals surface area contributed by atoms with E-state index in [1.54, 1.807) is 43.0 Å². The number of halogens is 1. The van der Waals surface area contributed by atoms with Gasteiger partial charge in [-0.05, 0) is 36.8 Å². The molecule has 0 radical (unpaired) electrons. The summed E-state index contributed by atoms with van der Waals surface area (Å²) in [6.45, 7) is 1.80. The Morgan fingerprint density at radius 2 is 1.96 bits per heavy atom. The number of amides is 1. The van der Waals surface area contributed by atoms with Crippen LogP contribution in [-0.4, -0.2) is 27.8 Å². The van der Waals surface area contributed by atoms with Crippen molar-refractivity contribution in [3.63, 3.8) is 0 Å². The molecule has 0 fully saturated rings. The number of nitrogens with zero attached hydrogens (tertiary/aromatic N) is 3. The van der Waals surface area contributed by atoms with E-state index in [2.05, 4.69) is 20.7 Å². The van der Waals surface area contributed by atoms with Crippen LogP contribution in [0.15, 0.2) is 66.1 Å². The van der Waals surface area contributed by atoms with E-state index in [0.717, 1.165) is 5.56 Å². The van der Waals surface area contributed by atoms with E-state index in [0.29, 0.717) is 28.7 Å². The maximum absolute atomic E-state index is 13.4. The second kappa shape index (κ2) is 7.15. The molecule has 0 saturated heterocycles. The zero-order valence-electron chi connectivity index (χ0n) is 15.3. The molecule has 1 atom stereocenters. The summed E-state index contributed by atoms with van der Waals surface area (Å²) in [5.41, 5.74) is 2.37. The molecule has 3 aromatic rings. The third-order valence-electron chi connectivity index (χ3n) is 4.58. The Bertz CT molecular complexity index is 1060. The van der Waals surface area contributed by atoms with Crippen molar-refractivity contribution in [2.75, 3.05) is 17.7 Å². The van der Waals surface area contributed by atoms with Crippen LogP contribution in [0.2, 0.25) is 0 Å². The first-order valence-electron chi connectivity index (χ1n) is 8.65. The topological polar surface area (TPSA) is 81.1 Å². The van der Waals surface area contributed by atoms with E-state index in [4.69, 9.17) is 4.74 Å². The predicted octanol–water partition coefficient (Wildman–Crippen LogP) is 3.35. The quantitative estimate of drug-likeness (QED) is 0.727. The molecule has 1 aliphatic rings. The molecule has 7 nitrogen and oxygen atoms in total. The maximum Gasteiger partial charge on any atom is 0.255 e. The second-order valence-electron chi connectivity index (χ2n) is 6.30. The van der Waals surface area contributed by atoms with Gasteiger partial charge in [0.25, 0.3) is 5.91 Å². The summed E-state index contributed by atoms with van der Waals surface area (Å²) in [7, 11) is 1.54. The van der Waals surface area contributed by atoms with Gasteiger partial charge in [-0.2, -0.15) is 10.1 Å². The highest BCUT2D eigenvalue weighted by molar-refractivity contribution is 6.06. The van der Waals surface area contributed by atoms with Crippen LogP contribution in [0.1, 0.15) is 18.5 Å². The fraction of sp³-hybridized carbons (Fsp3) is 0.150. The van der Waals surface area contributed by atoms with Crippen molar-refractivity contribution in [1.82, 2.24) is 14.8 Å². The van der Waals surface area contributed by atoms with Gasteiger partial charge in [0.15, 0.2) is 0 Å². The predicted molar refractivity (Wildman–Crippen MR) is 103 cm³/mol. The Hall–Kier alpha value is -3.68. The van der Waals surface area contributed by atoms with Crippen molar-refractivity contribution >= 4 is 17.5 Å². The van der Waals surface area contributed by atoms with Crippen molar-refractivity contribution in [3.05, 3.63) is 77.5 Å². The number of nitrogens with one attached hydrogen (secondary N) is 2. The highest BCUT2D eigenvalue weighted by Crippen LogP contribution is 2.35. The highest BCUT2D eigenvalue weighted by atomic mass is 19.1. The largest absolute Gasteiger partial charge is 0.495 e. The van der Waals surface area contributed by atoms with Gasteiger partial charge in [-0.3, -0.25) is 4.79 Å². The molecule has 1 unspecified atom stereocenters. The number of anilines is 2. The van der Waals surface area contributed by atoms with Crippen LogP contribution >= 0.6 is 0 Å². The first-order valence-corrected chi connectivity index (χ1v) is 8.65. The zero-order chi connectivity index (χ0) is 19.7. The number of methoxy groups -OCH3 is 1. The van der Waals surface area contributed by atoms with Gasteiger partial charge >= 0.3 is 0 Å². The third kappa shape index (κ3) is 3.09. The molecule has 1 aromatic heterocycles. The molecule has 0 saturated carbocycles. The number of para-hydroxylation sites is 2. The Morgan fingerprint density at radius 3 is 2.71 bits per heavy atom. The average Bonchev–Trinajstić information content (AvgIpc) is 3.16. The number of benzene rings is 2. The summed E-state index contributed by atoms with van der Waals surface area (Å²) in [6.07, 6.45) is 1.41. The lowest BCUT2D eigenvalue weighted by Gasteiger charge is -2.28. The van der Waals surface area contributed by atoms with Crippen LogP contribution in [0, 0.1) is 5.82 Å². The van der Waals surface area contributed by atoms with Crippen molar-refractivity contribution in [1.29, 1.82) is 0 Å². The van der Waals surface area contributed by atoms with Crippen LogP contribution in [0.4, 0.5) is 16.0 Å². The van der Waals surface area contributed by atoms with Crippen LogP contribution in [0.3, 0.4) is 0 Å². The minimum absolute atomic E-state index is 0.315. The molecule has 2 aromatic carbocycles. The van der Waals surface area contributed by atoms with Crippen molar-refractivity contribution in [3.8, 4) is 5.75 Å². The number of hydrogen-bond acceptors (Lipinski definition) is 5. The van der Waals surface area contributed by atoms with Gasteiger partial charge in [0.1, 0.15) is 23.9 Å². The number of hydrogen-bond donors (Lipinski definition) is 2. The van der Waals surface area contributed by atoms with Crippen molar-refractivity contribution in [2.24, 2.45) is 0 Å². The van der Waals surface area contributed by atoms with Gasteiger partial charge in [-0.25, -0.2) is 9.07 Å². The van der Waals surface area contributed by atoms with Crippen molar-refractivity contribution in [2.45, 2.75) is 13.0 Å². The molecule has 8 heteroatoms. The Morgan fingerprint density at radius 1 is 1.21 bits per heavy atom. The maximum atomic E-state index is 13.4. The second-order valence-corrected chi connectivity index (χ2v) is 6.30. The van der Waals surface area contributed by atoms with E-state index < -0.39 is 6.04 Å². The molecule has 4 rings (SSSR count). The summed E-state index contributed by atoms with van der Waals surface area (Å²) in [6, 6.07) is 12.6. The number of fused-ring (bicyclic) bond motifs is 1. The van der Waals surface area contributed by atoms with E-state index in [9.17, 15) is 9.18 Å². The summed E-state index contributed by atoms with van der Waals surface area (Å²) < 4.78 is 20.4. The molecule has 28 heavy (non-hydrogen) atoms. The number of rotatable bonds is 4. The third-order valence-corrected chi connectivity index (χ3v) is 4.58. The zero-order valence-corrected chi connectivity index (χ0v) is 15.3. The van der Waals surface area contributed by atoms with E-state index in [1.165, 1.54) is 18.5 Å². The number of carbonyl (C=O) groups excluding carboxylic acids is 1. The van der Waals surface area contributed by atoms with Gasteiger partial charge in [0, 0.05) is 5.70 Å². The van der Waals surface area contributed by atoms with Crippen LogP contribution in [0.5, 0.6) is 5.75 Å². The molecule has 2 heterocycles. The van der Waals surface area contributed by atoms with Gasteiger partial charge < -0.3 is 15.4 Å². The van der Waals surface area contributed by atoms with Crippen LogP contribution in [0.25, 0.3) is 0 Å². The number of aromatic nitrogens is 3. The lowest BCUT2D eigenvalue weighted by atomic mass is 9.95. The van der Waals surface area contributed by atoms with Gasteiger partial charge in [0.2, 0.25) is 5.95 Å². The molecular weight excluding hydrogens is 361 g/mol. The summed E-state index contributed by atoms with van der Waals surface area (Å²) in [5.74, 6) is 0.403. The van der Waals surface area contributed by atoms with Crippen LogP contribution < -0.4 is 15.4 Å². The molecule has 1 amide bonds. The smallest absolute Gasteiger partial charge is 0.255 e. The minimum atomic E-state index is -0.547. The SMILES string of the molecule is COc1ccccc1NC(=O)C1=C(C)Nc2ncnn2C1c1ccc(F)cc1. The Labute approximate surface area is 160 Å². The van der Waals surface area contributed by atoms with Crippen LogP contribution in [-0.2, 0) is 4.79 Å². The normalized spacial score (nSPS) is 15.6. The lowest BCUT2D eigenvalue weighted by molar-refractivity contribution is -0.113. The molecule has 142 valence electrons. The Kier molecular flexibility index (Phi) is 4.52. The molecule has 0 bridgehead atoms. The monoisotopic (exact) mass is 379 g/mol. The highest BCUT2D eigenvalue weighted by Gasteiger charge is 2.33. The summed E-state index contributed by atoms with van der Waals surface area (Å²) >= 11 is 0. The molecule has 0 aliphatic carbocycles. The standard InChI is InChI=1S/C20H18FN5O2/c1-12-17(19(27)25-15-5-3-4-6-16(15)28-2)18(13-7-9-14(21)10-8-13)26-20(24-12)22-11-23-26/h3-11,18H,1-2H3,(H,25,27)(H,22,23,24). The summed E-state index contributed by atoms with van der Waals surface area (Å²) in [5, 5.41) is 10.3. The number of ether oxygens (including phenoxy) is 1. The molecule has 2 N–H and O–H groups in total. The van der Waals surface area contributed by atoms with Gasteiger partial charge in [-0.1, -0.05) is 24.3 Å².